The maximum atomic E-state index is 12.4. The minimum atomic E-state index is -3.23. The third-order valence-electron chi connectivity index (χ3n) is 2.54. The molecule has 1 N–H and O–H groups in total. The van der Waals surface area contributed by atoms with Crippen molar-refractivity contribution in [1.82, 2.24) is 5.32 Å². The molecule has 0 aliphatic rings. The lowest BCUT2D eigenvalue weighted by molar-refractivity contribution is 0.0744. The summed E-state index contributed by atoms with van der Waals surface area (Å²) in [6.45, 7) is 0.634. The van der Waals surface area contributed by atoms with Gasteiger partial charge in [0.05, 0.1) is 23.8 Å². The van der Waals surface area contributed by atoms with Crippen molar-refractivity contribution in [2.24, 2.45) is 0 Å². The second-order valence-corrected chi connectivity index (χ2v) is 10.6. The molecule has 0 spiro atoms. The van der Waals surface area contributed by atoms with E-state index in [-0.39, 0.29) is 23.8 Å². The zero-order chi connectivity index (χ0) is 19.3. The maximum Gasteiger partial charge on any atom is 0.329 e. The molecule has 0 aromatic heterocycles. The van der Waals surface area contributed by atoms with Crippen molar-refractivity contribution in [2.45, 2.75) is 23.9 Å². The molecule has 0 aliphatic carbocycles. The number of amides is 1. The Labute approximate surface area is 176 Å². The SMILES string of the molecule is CCOP(=S)(OCC)OC(NC(=O)c1ccc(Cl)cc1Cl)C(Cl)(Cl)Cl. The fourth-order valence-electron chi connectivity index (χ4n) is 1.58. The number of hydrogen-bond donors (Lipinski definition) is 1. The first-order valence-electron chi connectivity index (χ1n) is 6.92. The van der Waals surface area contributed by atoms with Gasteiger partial charge in [0.1, 0.15) is 0 Å². The molecule has 1 rings (SSSR count). The van der Waals surface area contributed by atoms with E-state index in [4.69, 9.17) is 83.4 Å². The third-order valence-corrected chi connectivity index (χ3v) is 6.20. The molecule has 1 aromatic rings. The average molecular weight is 490 g/mol. The number of carbonyl (C=O) groups is 1. The number of benzene rings is 1. The summed E-state index contributed by atoms with van der Waals surface area (Å²) >= 11 is 34.7. The Morgan fingerprint density at radius 3 is 2.24 bits per heavy atom. The Morgan fingerprint density at radius 1 is 1.24 bits per heavy atom. The summed E-state index contributed by atoms with van der Waals surface area (Å²) in [6, 6.07) is 4.34. The zero-order valence-corrected chi connectivity index (χ0v) is 18.6. The molecular weight excluding hydrogens is 474 g/mol. The summed E-state index contributed by atoms with van der Waals surface area (Å²) in [5, 5.41) is 2.92. The fourth-order valence-corrected chi connectivity index (χ4v) is 4.75. The third kappa shape index (κ3) is 7.67. The first-order chi connectivity index (χ1) is 11.5. The lowest BCUT2D eigenvalue weighted by Gasteiger charge is -2.30. The van der Waals surface area contributed by atoms with Crippen molar-refractivity contribution in [3.8, 4) is 0 Å². The second kappa shape index (κ2) is 10.3. The van der Waals surface area contributed by atoms with E-state index in [0.29, 0.717) is 5.02 Å². The van der Waals surface area contributed by atoms with E-state index in [1.165, 1.54) is 18.2 Å². The second-order valence-electron chi connectivity index (χ2n) is 4.41. The van der Waals surface area contributed by atoms with Gasteiger partial charge in [-0.15, -0.1) is 0 Å². The molecule has 0 saturated carbocycles. The van der Waals surface area contributed by atoms with Crippen molar-refractivity contribution >= 4 is 82.4 Å². The van der Waals surface area contributed by atoms with E-state index in [2.05, 4.69) is 5.32 Å². The Bertz CT molecular complexity index is 648. The normalized spacial score (nSPS) is 13.6. The summed E-state index contributed by atoms with van der Waals surface area (Å²) in [5.41, 5.74) is 0.120. The lowest BCUT2D eigenvalue weighted by Crippen LogP contribution is -2.45. The van der Waals surface area contributed by atoms with Crippen LogP contribution in [0.4, 0.5) is 0 Å². The van der Waals surface area contributed by atoms with Crippen LogP contribution in [0.5, 0.6) is 0 Å². The van der Waals surface area contributed by atoms with Crippen molar-refractivity contribution < 1.29 is 18.4 Å². The molecule has 25 heavy (non-hydrogen) atoms. The van der Waals surface area contributed by atoms with E-state index < -0.39 is 22.6 Å². The van der Waals surface area contributed by atoms with Gasteiger partial charge in [-0.25, -0.2) is 0 Å². The number of hydrogen-bond acceptors (Lipinski definition) is 5. The molecular formula is C13H15Cl5NO4PS. The first kappa shape index (κ1) is 23.7. The van der Waals surface area contributed by atoms with Crippen LogP contribution < -0.4 is 5.32 Å². The van der Waals surface area contributed by atoms with Gasteiger partial charge in [0.25, 0.3) is 5.91 Å². The molecule has 1 atom stereocenters. The van der Waals surface area contributed by atoms with Crippen LogP contribution in [-0.2, 0) is 25.4 Å². The van der Waals surface area contributed by atoms with Gasteiger partial charge in [0.15, 0.2) is 6.23 Å². The van der Waals surface area contributed by atoms with Gasteiger partial charge in [-0.05, 0) is 43.9 Å². The van der Waals surface area contributed by atoms with Gasteiger partial charge in [0, 0.05) is 5.02 Å². The molecule has 142 valence electrons. The minimum Gasteiger partial charge on any atom is -0.323 e. The summed E-state index contributed by atoms with van der Waals surface area (Å²) in [7, 11) is 0. The van der Waals surface area contributed by atoms with Crippen LogP contribution in [0, 0.1) is 0 Å². The van der Waals surface area contributed by atoms with E-state index in [1.807, 2.05) is 0 Å². The van der Waals surface area contributed by atoms with Crippen LogP contribution in [-0.4, -0.2) is 29.1 Å². The van der Waals surface area contributed by atoms with Crippen LogP contribution in [0.15, 0.2) is 18.2 Å². The maximum absolute atomic E-state index is 12.4. The van der Waals surface area contributed by atoms with Crippen LogP contribution in [0.3, 0.4) is 0 Å². The molecule has 0 bridgehead atoms. The fraction of sp³-hybridized carbons (Fsp3) is 0.462. The van der Waals surface area contributed by atoms with E-state index >= 15 is 0 Å². The van der Waals surface area contributed by atoms with Crippen molar-refractivity contribution in [1.29, 1.82) is 0 Å². The molecule has 0 fully saturated rings. The zero-order valence-electron chi connectivity index (χ0n) is 13.1. The lowest BCUT2D eigenvalue weighted by atomic mass is 10.2. The van der Waals surface area contributed by atoms with Crippen LogP contribution >= 0.6 is 64.7 Å². The van der Waals surface area contributed by atoms with Gasteiger partial charge >= 0.3 is 6.72 Å². The standard InChI is InChI=1S/C13H15Cl5NO4PS/c1-3-21-24(25,22-4-2)23-12(13(16,17)18)19-11(20)9-6-5-8(14)7-10(9)15/h5-7,12H,3-4H2,1-2H3,(H,19,20). The summed E-state index contributed by atoms with van der Waals surface area (Å²) in [4.78, 5) is 12.4. The number of rotatable bonds is 8. The quantitative estimate of drug-likeness (QED) is 0.287. The van der Waals surface area contributed by atoms with Gasteiger partial charge in [-0.1, -0.05) is 58.0 Å². The average Bonchev–Trinajstić information content (AvgIpc) is 2.45. The number of alkyl halides is 3. The smallest absolute Gasteiger partial charge is 0.323 e. The predicted octanol–water partition coefficient (Wildman–Crippen LogP) is 5.73. The summed E-state index contributed by atoms with van der Waals surface area (Å²) < 4.78 is 14.2. The number of nitrogens with one attached hydrogen (secondary N) is 1. The highest BCUT2D eigenvalue weighted by Gasteiger charge is 2.40. The van der Waals surface area contributed by atoms with E-state index in [1.54, 1.807) is 13.8 Å². The largest absolute Gasteiger partial charge is 0.329 e. The number of carbonyl (C=O) groups excluding carboxylic acids is 1. The van der Waals surface area contributed by atoms with Gasteiger partial charge in [-0.3, -0.25) is 9.32 Å². The summed E-state index contributed by atoms with van der Waals surface area (Å²) in [6.07, 6.45) is -1.43. The molecule has 0 saturated heterocycles. The first-order valence-corrected chi connectivity index (χ1v) is 11.4. The van der Waals surface area contributed by atoms with Crippen molar-refractivity contribution in [2.75, 3.05) is 13.2 Å². The summed E-state index contributed by atoms with van der Waals surface area (Å²) in [5.74, 6) is -0.646. The molecule has 0 heterocycles. The molecule has 1 amide bonds. The van der Waals surface area contributed by atoms with E-state index in [9.17, 15) is 4.79 Å². The van der Waals surface area contributed by atoms with Crippen LogP contribution in [0.2, 0.25) is 10.0 Å². The minimum absolute atomic E-state index is 0.120. The van der Waals surface area contributed by atoms with E-state index in [0.717, 1.165) is 0 Å². The van der Waals surface area contributed by atoms with Crippen LogP contribution in [0.25, 0.3) is 0 Å². The Balaban J connectivity index is 3.04. The number of halogens is 5. The molecule has 1 unspecified atom stereocenters. The van der Waals surface area contributed by atoms with Crippen molar-refractivity contribution in [3.05, 3.63) is 33.8 Å². The molecule has 1 aromatic carbocycles. The Hall–Kier alpha value is 0.670. The highest BCUT2D eigenvalue weighted by molar-refractivity contribution is 8.07. The topological polar surface area (TPSA) is 56.8 Å². The van der Waals surface area contributed by atoms with Crippen molar-refractivity contribution in [3.63, 3.8) is 0 Å². The molecule has 0 aliphatic heterocycles. The molecule has 12 heteroatoms. The highest BCUT2D eigenvalue weighted by Crippen LogP contribution is 2.53. The highest BCUT2D eigenvalue weighted by atomic mass is 35.6. The predicted molar refractivity (Wildman–Crippen MR) is 107 cm³/mol. The molecule has 5 nitrogen and oxygen atoms in total. The van der Waals surface area contributed by atoms with Gasteiger partial charge < -0.3 is 14.4 Å². The molecule has 0 radical (unpaired) electrons. The Morgan fingerprint density at radius 2 is 1.80 bits per heavy atom. The van der Waals surface area contributed by atoms with Gasteiger partial charge in [0.2, 0.25) is 3.79 Å². The Kier molecular flexibility index (Phi) is 9.75. The monoisotopic (exact) mass is 487 g/mol. The van der Waals surface area contributed by atoms with Crippen LogP contribution in [0.1, 0.15) is 24.2 Å². The van der Waals surface area contributed by atoms with Gasteiger partial charge in [-0.2, -0.15) is 0 Å².